The van der Waals surface area contributed by atoms with Crippen LogP contribution < -0.4 is 10.2 Å². The molecule has 1 aromatic heterocycles. The number of carbonyl (C=O) groups is 1. The predicted molar refractivity (Wildman–Crippen MR) is 102 cm³/mol. The van der Waals surface area contributed by atoms with Gasteiger partial charge in [-0.2, -0.15) is 0 Å². The van der Waals surface area contributed by atoms with Crippen LogP contribution in [-0.4, -0.2) is 33.8 Å². The molecule has 4 rings (SSSR count). The Balaban J connectivity index is 1.58. The summed E-state index contributed by atoms with van der Waals surface area (Å²) in [6, 6.07) is 13.7. The van der Waals surface area contributed by atoms with E-state index in [2.05, 4.69) is 20.3 Å². The van der Waals surface area contributed by atoms with E-state index in [1.807, 2.05) is 24.3 Å². The van der Waals surface area contributed by atoms with E-state index in [-0.39, 0.29) is 17.5 Å². The predicted octanol–water partition coefficient (Wildman–Crippen LogP) is 3.57. The average molecular weight is 365 g/mol. The highest BCUT2D eigenvalue weighted by Gasteiger charge is 2.19. The third-order valence-corrected chi connectivity index (χ3v) is 4.64. The fourth-order valence-corrected chi connectivity index (χ4v) is 3.30. The molecular formula is C20H20FN5O. The van der Waals surface area contributed by atoms with E-state index in [0.717, 1.165) is 37.3 Å². The first-order chi connectivity index (χ1) is 13.1. The van der Waals surface area contributed by atoms with Crippen molar-refractivity contribution in [2.24, 2.45) is 0 Å². The summed E-state index contributed by atoms with van der Waals surface area (Å²) < 4.78 is 14.7. The molecule has 0 unspecified atom stereocenters. The average Bonchev–Trinajstić information content (AvgIpc) is 3.33. The van der Waals surface area contributed by atoms with Crippen molar-refractivity contribution in [2.75, 3.05) is 23.3 Å². The van der Waals surface area contributed by atoms with Crippen LogP contribution in [0.5, 0.6) is 0 Å². The summed E-state index contributed by atoms with van der Waals surface area (Å²) in [5.74, 6) is -0.0637. The molecule has 1 aliphatic heterocycles. The van der Waals surface area contributed by atoms with Gasteiger partial charge in [0.15, 0.2) is 0 Å². The monoisotopic (exact) mass is 365 g/mol. The molecule has 6 nitrogen and oxygen atoms in total. The molecule has 0 saturated carbocycles. The molecule has 0 spiro atoms. The number of hydrogen-bond donors (Lipinski definition) is 1. The van der Waals surface area contributed by atoms with Crippen LogP contribution in [0, 0.1) is 12.7 Å². The quantitative estimate of drug-likeness (QED) is 0.768. The molecule has 1 fully saturated rings. The third kappa shape index (κ3) is 3.53. The lowest BCUT2D eigenvalue weighted by molar-refractivity contribution is 0.101. The smallest absolute Gasteiger partial charge is 0.295 e. The van der Waals surface area contributed by atoms with Crippen LogP contribution in [0.3, 0.4) is 0 Å². The Labute approximate surface area is 156 Å². The lowest BCUT2D eigenvalue weighted by Crippen LogP contribution is -2.21. The van der Waals surface area contributed by atoms with Gasteiger partial charge in [0.25, 0.3) is 5.91 Å². The second-order valence-electron chi connectivity index (χ2n) is 6.54. The second kappa shape index (κ2) is 7.19. The van der Waals surface area contributed by atoms with Gasteiger partial charge in [-0.15, -0.1) is 5.10 Å². The number of carbonyl (C=O) groups excluding carboxylic acids is 1. The van der Waals surface area contributed by atoms with Crippen LogP contribution in [0.25, 0.3) is 5.69 Å². The lowest BCUT2D eigenvalue weighted by Gasteiger charge is -2.21. The van der Waals surface area contributed by atoms with E-state index < -0.39 is 0 Å². The van der Waals surface area contributed by atoms with Crippen molar-refractivity contribution >= 4 is 17.3 Å². The molecule has 3 aromatic rings. The zero-order valence-electron chi connectivity index (χ0n) is 15.0. The Morgan fingerprint density at radius 2 is 1.78 bits per heavy atom. The summed E-state index contributed by atoms with van der Waals surface area (Å²) in [5.41, 5.74) is 2.41. The van der Waals surface area contributed by atoms with E-state index in [0.29, 0.717) is 11.5 Å². The van der Waals surface area contributed by atoms with E-state index >= 15 is 0 Å². The zero-order valence-corrected chi connectivity index (χ0v) is 15.0. The Hall–Kier alpha value is -3.22. The van der Waals surface area contributed by atoms with Crippen molar-refractivity contribution in [1.29, 1.82) is 0 Å². The van der Waals surface area contributed by atoms with Gasteiger partial charge in [-0.25, -0.2) is 14.1 Å². The second-order valence-corrected chi connectivity index (χ2v) is 6.54. The largest absolute Gasteiger partial charge is 0.370 e. The standard InChI is InChI=1S/C20H20FN5O/c1-14-22-19(24-26(14)16-10-8-15(21)9-11-16)20(27)23-17-6-2-3-7-18(17)25-12-4-5-13-25/h2-3,6-11H,4-5,12-13H2,1H3,(H,23,27). The number of nitrogens with one attached hydrogen (secondary N) is 1. The first-order valence-corrected chi connectivity index (χ1v) is 8.97. The van der Waals surface area contributed by atoms with Crippen molar-refractivity contribution in [1.82, 2.24) is 14.8 Å². The van der Waals surface area contributed by atoms with Crippen LogP contribution >= 0.6 is 0 Å². The molecule has 27 heavy (non-hydrogen) atoms. The number of para-hydroxylation sites is 2. The molecule has 0 atom stereocenters. The Kier molecular flexibility index (Phi) is 4.58. The van der Waals surface area contributed by atoms with Gasteiger partial charge in [0, 0.05) is 13.1 Å². The number of anilines is 2. The maximum Gasteiger partial charge on any atom is 0.295 e. The van der Waals surface area contributed by atoms with Crippen LogP contribution in [0.15, 0.2) is 48.5 Å². The minimum Gasteiger partial charge on any atom is -0.370 e. The summed E-state index contributed by atoms with van der Waals surface area (Å²) in [6.07, 6.45) is 2.32. The normalized spacial score (nSPS) is 13.8. The minimum absolute atomic E-state index is 0.0769. The number of aryl methyl sites for hydroxylation is 1. The number of aromatic nitrogens is 3. The van der Waals surface area contributed by atoms with E-state index in [9.17, 15) is 9.18 Å². The van der Waals surface area contributed by atoms with E-state index in [4.69, 9.17) is 0 Å². The number of benzene rings is 2. The highest BCUT2D eigenvalue weighted by atomic mass is 19.1. The molecule has 7 heteroatoms. The fourth-order valence-electron chi connectivity index (χ4n) is 3.30. The molecule has 0 radical (unpaired) electrons. The third-order valence-electron chi connectivity index (χ3n) is 4.64. The summed E-state index contributed by atoms with van der Waals surface area (Å²) >= 11 is 0. The first kappa shape index (κ1) is 17.2. The number of amides is 1. The van der Waals surface area contributed by atoms with Gasteiger partial charge in [-0.05, 0) is 56.2 Å². The Bertz CT molecular complexity index is 961. The first-order valence-electron chi connectivity index (χ1n) is 8.97. The van der Waals surface area contributed by atoms with E-state index in [1.54, 1.807) is 19.1 Å². The topological polar surface area (TPSA) is 63.1 Å². The SMILES string of the molecule is Cc1nc(C(=O)Nc2ccccc2N2CCCC2)nn1-c1ccc(F)cc1. The number of hydrogen-bond acceptors (Lipinski definition) is 4. The minimum atomic E-state index is -0.370. The molecule has 1 N–H and O–H groups in total. The van der Waals surface area contributed by atoms with Gasteiger partial charge in [0.05, 0.1) is 17.1 Å². The summed E-state index contributed by atoms with van der Waals surface area (Å²) in [5, 5.41) is 7.22. The number of nitrogens with zero attached hydrogens (tertiary/aromatic N) is 4. The van der Waals surface area contributed by atoms with Crippen molar-refractivity contribution in [2.45, 2.75) is 19.8 Å². The Morgan fingerprint density at radius 3 is 2.52 bits per heavy atom. The maximum absolute atomic E-state index is 13.1. The van der Waals surface area contributed by atoms with Crippen molar-refractivity contribution in [3.05, 3.63) is 66.0 Å². The van der Waals surface area contributed by atoms with Crippen LogP contribution in [0.2, 0.25) is 0 Å². The van der Waals surface area contributed by atoms with Gasteiger partial charge in [-0.3, -0.25) is 4.79 Å². The van der Waals surface area contributed by atoms with Crippen molar-refractivity contribution in [3.8, 4) is 5.69 Å². The molecule has 1 saturated heterocycles. The summed E-state index contributed by atoms with van der Waals surface area (Å²) in [6.45, 7) is 3.73. The van der Waals surface area contributed by atoms with Crippen LogP contribution in [-0.2, 0) is 0 Å². The van der Waals surface area contributed by atoms with Crippen LogP contribution in [0.1, 0.15) is 29.3 Å². The highest BCUT2D eigenvalue weighted by Crippen LogP contribution is 2.28. The maximum atomic E-state index is 13.1. The molecule has 0 bridgehead atoms. The number of halogens is 1. The molecule has 138 valence electrons. The zero-order chi connectivity index (χ0) is 18.8. The van der Waals surface area contributed by atoms with Crippen LogP contribution in [0.4, 0.5) is 15.8 Å². The van der Waals surface area contributed by atoms with Gasteiger partial charge in [0.2, 0.25) is 5.82 Å². The van der Waals surface area contributed by atoms with Crippen molar-refractivity contribution in [3.63, 3.8) is 0 Å². The molecular weight excluding hydrogens is 345 g/mol. The molecule has 0 aliphatic carbocycles. The molecule has 2 aromatic carbocycles. The molecule has 1 aliphatic rings. The Morgan fingerprint density at radius 1 is 1.07 bits per heavy atom. The summed E-state index contributed by atoms with van der Waals surface area (Å²) in [4.78, 5) is 19.2. The lowest BCUT2D eigenvalue weighted by atomic mass is 10.2. The fraction of sp³-hybridized carbons (Fsp3) is 0.250. The van der Waals surface area contributed by atoms with Gasteiger partial charge < -0.3 is 10.2 Å². The highest BCUT2D eigenvalue weighted by molar-refractivity contribution is 6.03. The van der Waals surface area contributed by atoms with Gasteiger partial charge in [0.1, 0.15) is 11.6 Å². The molecule has 1 amide bonds. The van der Waals surface area contributed by atoms with Gasteiger partial charge in [-0.1, -0.05) is 12.1 Å². The van der Waals surface area contributed by atoms with Crippen molar-refractivity contribution < 1.29 is 9.18 Å². The van der Waals surface area contributed by atoms with E-state index in [1.165, 1.54) is 16.8 Å². The van der Waals surface area contributed by atoms with Gasteiger partial charge >= 0.3 is 0 Å². The molecule has 2 heterocycles. The number of rotatable bonds is 4. The summed E-state index contributed by atoms with van der Waals surface area (Å²) in [7, 11) is 0.